The Bertz CT molecular complexity index is 1090. The lowest BCUT2D eigenvalue weighted by molar-refractivity contribution is 0.0684. The van der Waals surface area contributed by atoms with Gasteiger partial charge in [-0.2, -0.15) is 16.3 Å². The van der Waals surface area contributed by atoms with E-state index < -0.39 is 0 Å². The molecule has 1 amide bonds. The van der Waals surface area contributed by atoms with Crippen LogP contribution >= 0.6 is 11.3 Å². The number of carbonyl (C=O) groups is 1. The van der Waals surface area contributed by atoms with Gasteiger partial charge in [0.25, 0.3) is 11.8 Å². The molecule has 5 rings (SSSR count). The lowest BCUT2D eigenvalue weighted by Crippen LogP contribution is -2.40. The first-order chi connectivity index (χ1) is 13.3. The lowest BCUT2D eigenvalue weighted by Gasteiger charge is -2.27. The third-order valence-electron chi connectivity index (χ3n) is 4.43. The van der Waals surface area contributed by atoms with Crippen molar-refractivity contribution in [1.82, 2.24) is 30.0 Å². The molecule has 4 heterocycles. The predicted octanol–water partition coefficient (Wildman–Crippen LogP) is 2.71. The summed E-state index contributed by atoms with van der Waals surface area (Å²) in [5.41, 5.74) is 2.66. The van der Waals surface area contributed by atoms with Gasteiger partial charge in [-0.1, -0.05) is 40.7 Å². The van der Waals surface area contributed by atoms with Crippen LogP contribution in [0.2, 0.25) is 0 Å². The number of hydrogen-bond acceptors (Lipinski definition) is 7. The lowest BCUT2D eigenvalue weighted by atomic mass is 10.1. The summed E-state index contributed by atoms with van der Waals surface area (Å²) in [6.45, 7) is 1.69. The van der Waals surface area contributed by atoms with Gasteiger partial charge < -0.3 is 9.42 Å². The van der Waals surface area contributed by atoms with Crippen LogP contribution in [0.3, 0.4) is 0 Å². The second-order valence-corrected chi connectivity index (χ2v) is 6.94. The third-order valence-corrected chi connectivity index (χ3v) is 5.11. The number of thiophene rings is 1. The van der Waals surface area contributed by atoms with Crippen LogP contribution in [-0.4, -0.2) is 42.5 Å². The number of amides is 1. The zero-order valence-electron chi connectivity index (χ0n) is 14.1. The summed E-state index contributed by atoms with van der Waals surface area (Å²) in [5, 5.41) is 16.1. The van der Waals surface area contributed by atoms with E-state index in [9.17, 15) is 4.79 Å². The molecule has 1 aliphatic rings. The zero-order chi connectivity index (χ0) is 18.2. The third kappa shape index (κ3) is 2.81. The summed E-state index contributed by atoms with van der Waals surface area (Å²) in [6.07, 6.45) is 0. The summed E-state index contributed by atoms with van der Waals surface area (Å²) in [5.74, 6) is 0.533. The first kappa shape index (κ1) is 15.9. The van der Waals surface area contributed by atoms with E-state index in [4.69, 9.17) is 4.52 Å². The van der Waals surface area contributed by atoms with Gasteiger partial charge in [0.15, 0.2) is 11.4 Å². The first-order valence-corrected chi connectivity index (χ1v) is 9.37. The van der Waals surface area contributed by atoms with Crippen LogP contribution in [0.15, 0.2) is 51.7 Å². The molecule has 0 saturated carbocycles. The Balaban J connectivity index is 1.46. The molecule has 1 aromatic carbocycles. The number of hydrogen-bond donors (Lipinski definition) is 0. The van der Waals surface area contributed by atoms with Gasteiger partial charge in [-0.25, -0.2) is 4.68 Å². The SMILES string of the molecule is O=C1c2c(-c3nc(-c4ccsc4)no3)nnn2CCN1Cc1ccccc1. The van der Waals surface area contributed by atoms with Crippen LogP contribution in [0, 0.1) is 0 Å². The van der Waals surface area contributed by atoms with Crippen LogP contribution in [-0.2, 0) is 13.1 Å². The molecule has 1 aliphatic heterocycles. The van der Waals surface area contributed by atoms with Crippen LogP contribution in [0.25, 0.3) is 23.0 Å². The van der Waals surface area contributed by atoms with Gasteiger partial charge in [0.05, 0.1) is 6.54 Å². The Hall–Kier alpha value is -3.33. The molecule has 0 radical (unpaired) electrons. The van der Waals surface area contributed by atoms with E-state index in [0.717, 1.165) is 11.1 Å². The highest BCUT2D eigenvalue weighted by molar-refractivity contribution is 7.08. The Morgan fingerprint density at radius 3 is 2.85 bits per heavy atom. The van der Waals surface area contributed by atoms with E-state index in [1.54, 1.807) is 20.9 Å². The molecule has 0 atom stereocenters. The minimum Gasteiger partial charge on any atom is -0.332 e. The highest BCUT2D eigenvalue weighted by Gasteiger charge is 2.32. The standard InChI is InChI=1S/C18H14N6O2S/c25-18-15-14(17-19-16(21-26-17)13-6-9-27-11-13)20-22-24(15)8-7-23(18)10-12-4-2-1-3-5-12/h1-6,9,11H,7-8,10H2. The highest BCUT2D eigenvalue weighted by atomic mass is 32.1. The molecule has 0 bridgehead atoms. The zero-order valence-corrected chi connectivity index (χ0v) is 15.0. The average molecular weight is 378 g/mol. The molecule has 0 aliphatic carbocycles. The number of aromatic nitrogens is 5. The van der Waals surface area contributed by atoms with E-state index in [0.29, 0.717) is 36.8 Å². The maximum absolute atomic E-state index is 13.0. The molecule has 4 aromatic rings. The van der Waals surface area contributed by atoms with Gasteiger partial charge in [-0.05, 0) is 17.0 Å². The van der Waals surface area contributed by atoms with Crippen molar-refractivity contribution in [3.63, 3.8) is 0 Å². The van der Waals surface area contributed by atoms with E-state index >= 15 is 0 Å². The average Bonchev–Trinajstić information content (AvgIpc) is 3.44. The number of rotatable bonds is 4. The topological polar surface area (TPSA) is 89.9 Å². The monoisotopic (exact) mass is 378 g/mol. The molecule has 3 aromatic heterocycles. The van der Waals surface area contributed by atoms with Gasteiger partial charge in [0.2, 0.25) is 5.82 Å². The molecule has 0 spiro atoms. The smallest absolute Gasteiger partial charge is 0.281 e. The second kappa shape index (κ2) is 6.44. The fourth-order valence-corrected chi connectivity index (χ4v) is 3.71. The van der Waals surface area contributed by atoms with Crippen molar-refractivity contribution in [1.29, 1.82) is 0 Å². The van der Waals surface area contributed by atoms with Crippen LogP contribution in [0.5, 0.6) is 0 Å². The molecule has 8 nitrogen and oxygen atoms in total. The molecule has 134 valence electrons. The Morgan fingerprint density at radius 1 is 1.15 bits per heavy atom. The van der Waals surface area contributed by atoms with Gasteiger partial charge in [0, 0.05) is 24.0 Å². The minimum atomic E-state index is -0.139. The fraction of sp³-hybridized carbons (Fsp3) is 0.167. The molecule has 9 heteroatoms. The van der Waals surface area contributed by atoms with Crippen molar-refractivity contribution in [2.24, 2.45) is 0 Å². The minimum absolute atomic E-state index is 0.139. The Kier molecular flexibility index (Phi) is 3.79. The van der Waals surface area contributed by atoms with Gasteiger partial charge in [-0.15, -0.1) is 5.10 Å². The molecule has 0 saturated heterocycles. The van der Waals surface area contributed by atoms with E-state index in [2.05, 4.69) is 20.5 Å². The number of carbonyl (C=O) groups excluding carboxylic acids is 1. The van der Waals surface area contributed by atoms with Crippen molar-refractivity contribution in [2.45, 2.75) is 13.1 Å². The van der Waals surface area contributed by atoms with E-state index in [-0.39, 0.29) is 11.8 Å². The molecule has 0 fully saturated rings. The molecular weight excluding hydrogens is 364 g/mol. The summed E-state index contributed by atoms with van der Waals surface area (Å²) in [6, 6.07) is 11.8. The van der Waals surface area contributed by atoms with E-state index in [1.807, 2.05) is 47.2 Å². The predicted molar refractivity (Wildman–Crippen MR) is 97.8 cm³/mol. The molecular formula is C18H14N6O2S. The van der Waals surface area contributed by atoms with Crippen molar-refractivity contribution < 1.29 is 9.32 Å². The summed E-state index contributed by atoms with van der Waals surface area (Å²) >= 11 is 1.55. The first-order valence-electron chi connectivity index (χ1n) is 8.43. The van der Waals surface area contributed by atoms with Crippen molar-refractivity contribution in [3.8, 4) is 23.0 Å². The second-order valence-electron chi connectivity index (χ2n) is 6.16. The Labute approximate surface area is 158 Å². The van der Waals surface area contributed by atoms with Crippen molar-refractivity contribution in [3.05, 3.63) is 58.4 Å². The summed E-state index contributed by atoms with van der Waals surface area (Å²) in [7, 11) is 0. The summed E-state index contributed by atoms with van der Waals surface area (Å²) in [4.78, 5) is 19.2. The maximum Gasteiger partial charge on any atom is 0.281 e. The largest absolute Gasteiger partial charge is 0.332 e. The molecule has 27 heavy (non-hydrogen) atoms. The quantitative estimate of drug-likeness (QED) is 0.542. The summed E-state index contributed by atoms with van der Waals surface area (Å²) < 4.78 is 6.96. The van der Waals surface area contributed by atoms with E-state index in [1.165, 1.54) is 0 Å². The van der Waals surface area contributed by atoms with Crippen LogP contribution in [0.4, 0.5) is 0 Å². The Morgan fingerprint density at radius 2 is 2.04 bits per heavy atom. The number of fused-ring (bicyclic) bond motifs is 1. The molecule has 0 unspecified atom stereocenters. The van der Waals surface area contributed by atoms with Gasteiger partial charge in [0.1, 0.15) is 0 Å². The van der Waals surface area contributed by atoms with Crippen LogP contribution in [0.1, 0.15) is 16.1 Å². The molecule has 0 N–H and O–H groups in total. The van der Waals surface area contributed by atoms with Gasteiger partial charge in [-0.3, -0.25) is 4.79 Å². The number of benzene rings is 1. The van der Waals surface area contributed by atoms with Gasteiger partial charge >= 0.3 is 0 Å². The normalized spacial score (nSPS) is 13.8. The van der Waals surface area contributed by atoms with Crippen LogP contribution < -0.4 is 0 Å². The fourth-order valence-electron chi connectivity index (χ4n) is 3.08. The highest BCUT2D eigenvalue weighted by Crippen LogP contribution is 2.27. The van der Waals surface area contributed by atoms with Crippen molar-refractivity contribution in [2.75, 3.05) is 6.54 Å². The maximum atomic E-state index is 13.0. The number of nitrogens with zero attached hydrogens (tertiary/aromatic N) is 6. The van der Waals surface area contributed by atoms with Crippen molar-refractivity contribution >= 4 is 17.2 Å².